The number of aromatic nitrogens is 2. The summed E-state index contributed by atoms with van der Waals surface area (Å²) in [6, 6.07) is 19.7. The van der Waals surface area contributed by atoms with E-state index in [0.717, 1.165) is 11.1 Å². The maximum atomic E-state index is 12.6. The zero-order valence-corrected chi connectivity index (χ0v) is 17.3. The Bertz CT molecular complexity index is 1300. The Kier molecular flexibility index (Phi) is 5.50. The van der Waals surface area contributed by atoms with Gasteiger partial charge in [0.2, 0.25) is 12.3 Å². The first kappa shape index (κ1) is 20.3. The fraction of sp³-hybridized carbons (Fsp3) is 0.0455. The van der Waals surface area contributed by atoms with Crippen LogP contribution in [0.4, 0.5) is 11.4 Å². The van der Waals surface area contributed by atoms with Gasteiger partial charge < -0.3 is 9.73 Å². The van der Waals surface area contributed by atoms with E-state index in [1.165, 1.54) is 30.7 Å². The molecule has 31 heavy (non-hydrogen) atoms. The van der Waals surface area contributed by atoms with E-state index in [2.05, 4.69) is 20.2 Å². The molecule has 0 radical (unpaired) electrons. The number of sulfonamides is 1. The predicted octanol–water partition coefficient (Wildman–Crippen LogP) is 4.10. The van der Waals surface area contributed by atoms with Gasteiger partial charge in [-0.1, -0.05) is 18.2 Å². The van der Waals surface area contributed by atoms with Crippen LogP contribution in [0.1, 0.15) is 15.9 Å². The Hall–Kier alpha value is -3.98. The van der Waals surface area contributed by atoms with E-state index in [-0.39, 0.29) is 10.8 Å². The number of nitrogens with one attached hydrogen (secondary N) is 2. The second-order valence-electron chi connectivity index (χ2n) is 6.72. The SMILES string of the molecule is Cc1ccccc1NS(=O)(=O)c1ccc(C(=O)Nc2ccc(-c3nnco3)cc2)cc1. The smallest absolute Gasteiger partial charge is 0.261 e. The lowest BCUT2D eigenvalue weighted by atomic mass is 10.2. The largest absolute Gasteiger partial charge is 0.423 e. The quantitative estimate of drug-likeness (QED) is 0.472. The molecule has 9 heteroatoms. The normalized spacial score (nSPS) is 11.1. The number of aryl methyl sites for hydroxylation is 1. The number of carbonyl (C=O) groups is 1. The number of anilines is 2. The Balaban J connectivity index is 1.45. The number of carbonyl (C=O) groups excluding carboxylic acids is 1. The molecule has 0 aliphatic carbocycles. The highest BCUT2D eigenvalue weighted by Crippen LogP contribution is 2.21. The number of nitrogens with zero attached hydrogens (tertiary/aromatic N) is 2. The Morgan fingerprint density at radius 1 is 0.935 bits per heavy atom. The summed E-state index contributed by atoms with van der Waals surface area (Å²) < 4.78 is 32.9. The van der Waals surface area contributed by atoms with Crippen molar-refractivity contribution in [3.8, 4) is 11.5 Å². The Morgan fingerprint density at radius 3 is 2.29 bits per heavy atom. The molecule has 4 rings (SSSR count). The van der Waals surface area contributed by atoms with Crippen molar-refractivity contribution in [1.82, 2.24) is 10.2 Å². The van der Waals surface area contributed by atoms with Crippen molar-refractivity contribution in [2.75, 3.05) is 10.0 Å². The van der Waals surface area contributed by atoms with Crippen LogP contribution >= 0.6 is 0 Å². The van der Waals surface area contributed by atoms with E-state index in [4.69, 9.17) is 4.42 Å². The van der Waals surface area contributed by atoms with Crippen LogP contribution in [0.2, 0.25) is 0 Å². The molecule has 156 valence electrons. The van der Waals surface area contributed by atoms with Gasteiger partial charge in [-0.2, -0.15) is 0 Å². The molecular weight excluding hydrogens is 416 g/mol. The lowest BCUT2D eigenvalue weighted by Crippen LogP contribution is -2.15. The van der Waals surface area contributed by atoms with Crippen LogP contribution < -0.4 is 10.0 Å². The predicted molar refractivity (Wildman–Crippen MR) is 116 cm³/mol. The summed E-state index contributed by atoms with van der Waals surface area (Å²) in [6.07, 6.45) is 1.24. The van der Waals surface area contributed by atoms with Gasteiger partial charge in [0.05, 0.1) is 10.6 Å². The maximum Gasteiger partial charge on any atom is 0.261 e. The van der Waals surface area contributed by atoms with Gasteiger partial charge in [-0.15, -0.1) is 10.2 Å². The first-order valence-electron chi connectivity index (χ1n) is 9.29. The van der Waals surface area contributed by atoms with Crippen LogP contribution in [0.15, 0.2) is 88.5 Å². The summed E-state index contributed by atoms with van der Waals surface area (Å²) in [5.74, 6) is 0.0235. The zero-order chi connectivity index (χ0) is 21.8. The van der Waals surface area contributed by atoms with E-state index < -0.39 is 10.0 Å². The summed E-state index contributed by atoms with van der Waals surface area (Å²) in [5, 5.41) is 10.2. The number of hydrogen-bond acceptors (Lipinski definition) is 6. The minimum Gasteiger partial charge on any atom is -0.423 e. The third kappa shape index (κ3) is 4.62. The number of hydrogen-bond donors (Lipinski definition) is 2. The first-order chi connectivity index (χ1) is 14.9. The van der Waals surface area contributed by atoms with Crippen LogP contribution in [-0.2, 0) is 10.0 Å². The summed E-state index contributed by atoms with van der Waals surface area (Å²) in [6.45, 7) is 1.82. The van der Waals surface area contributed by atoms with Gasteiger partial charge in [0, 0.05) is 16.8 Å². The Labute approximate surface area is 179 Å². The molecule has 1 heterocycles. The lowest BCUT2D eigenvalue weighted by Gasteiger charge is -2.11. The van der Waals surface area contributed by atoms with E-state index in [1.807, 2.05) is 19.1 Å². The molecule has 1 amide bonds. The third-order valence-corrected chi connectivity index (χ3v) is 5.95. The van der Waals surface area contributed by atoms with Crippen molar-refractivity contribution >= 4 is 27.3 Å². The van der Waals surface area contributed by atoms with Gasteiger partial charge in [-0.3, -0.25) is 9.52 Å². The molecule has 3 aromatic carbocycles. The average Bonchev–Trinajstić information content (AvgIpc) is 3.31. The van der Waals surface area contributed by atoms with E-state index in [1.54, 1.807) is 36.4 Å². The van der Waals surface area contributed by atoms with Crippen LogP contribution in [0.5, 0.6) is 0 Å². The van der Waals surface area contributed by atoms with E-state index >= 15 is 0 Å². The molecule has 0 bridgehead atoms. The van der Waals surface area contributed by atoms with Gasteiger partial charge in [0.25, 0.3) is 15.9 Å². The molecule has 0 unspecified atom stereocenters. The van der Waals surface area contributed by atoms with Crippen LogP contribution in [0, 0.1) is 6.92 Å². The second kappa shape index (κ2) is 8.41. The van der Waals surface area contributed by atoms with Gasteiger partial charge in [-0.25, -0.2) is 8.42 Å². The first-order valence-corrected chi connectivity index (χ1v) is 10.8. The third-order valence-electron chi connectivity index (χ3n) is 4.57. The molecule has 0 aliphatic heterocycles. The van der Waals surface area contributed by atoms with E-state index in [9.17, 15) is 13.2 Å². The van der Waals surface area contributed by atoms with Crippen molar-refractivity contribution in [2.45, 2.75) is 11.8 Å². The molecule has 8 nitrogen and oxygen atoms in total. The number of amides is 1. The van der Waals surface area contributed by atoms with E-state index in [0.29, 0.717) is 22.8 Å². The standard InChI is InChI=1S/C22H18N4O4S/c1-15-4-2-3-5-20(15)26-31(28,29)19-12-8-16(9-13-19)21(27)24-18-10-6-17(7-11-18)22-25-23-14-30-22/h2-14,26H,1H3,(H,24,27). The molecule has 0 atom stereocenters. The topological polar surface area (TPSA) is 114 Å². The van der Waals surface area contributed by atoms with Gasteiger partial charge in [0.15, 0.2) is 0 Å². The molecule has 4 aromatic rings. The monoisotopic (exact) mass is 434 g/mol. The molecular formula is C22H18N4O4S. The molecule has 0 fully saturated rings. The highest BCUT2D eigenvalue weighted by atomic mass is 32.2. The van der Waals surface area contributed by atoms with Crippen molar-refractivity contribution in [2.24, 2.45) is 0 Å². The number of para-hydroxylation sites is 1. The molecule has 0 aliphatic rings. The minimum atomic E-state index is -3.77. The Morgan fingerprint density at radius 2 is 1.65 bits per heavy atom. The number of rotatable bonds is 6. The van der Waals surface area contributed by atoms with Crippen molar-refractivity contribution in [3.63, 3.8) is 0 Å². The van der Waals surface area contributed by atoms with Crippen molar-refractivity contribution < 1.29 is 17.6 Å². The van der Waals surface area contributed by atoms with Crippen molar-refractivity contribution in [1.29, 1.82) is 0 Å². The molecule has 0 saturated heterocycles. The fourth-order valence-electron chi connectivity index (χ4n) is 2.87. The average molecular weight is 434 g/mol. The highest BCUT2D eigenvalue weighted by molar-refractivity contribution is 7.92. The summed E-state index contributed by atoms with van der Waals surface area (Å²) in [5.41, 5.74) is 2.95. The molecule has 0 saturated carbocycles. The van der Waals surface area contributed by atoms with Crippen LogP contribution in [-0.4, -0.2) is 24.5 Å². The van der Waals surface area contributed by atoms with Gasteiger partial charge in [0.1, 0.15) is 0 Å². The second-order valence-corrected chi connectivity index (χ2v) is 8.40. The summed E-state index contributed by atoms with van der Waals surface area (Å²) in [7, 11) is -3.77. The zero-order valence-electron chi connectivity index (χ0n) is 16.4. The molecule has 2 N–H and O–H groups in total. The van der Waals surface area contributed by atoms with Gasteiger partial charge >= 0.3 is 0 Å². The van der Waals surface area contributed by atoms with Crippen LogP contribution in [0.3, 0.4) is 0 Å². The molecule has 1 aromatic heterocycles. The minimum absolute atomic E-state index is 0.0659. The maximum absolute atomic E-state index is 12.6. The molecule has 0 spiro atoms. The summed E-state index contributed by atoms with van der Waals surface area (Å²) >= 11 is 0. The lowest BCUT2D eigenvalue weighted by molar-refractivity contribution is 0.102. The highest BCUT2D eigenvalue weighted by Gasteiger charge is 2.16. The summed E-state index contributed by atoms with van der Waals surface area (Å²) in [4.78, 5) is 12.6. The van der Waals surface area contributed by atoms with Crippen LogP contribution in [0.25, 0.3) is 11.5 Å². The van der Waals surface area contributed by atoms with Gasteiger partial charge in [-0.05, 0) is 67.1 Å². The fourth-order valence-corrected chi connectivity index (χ4v) is 4.01. The number of benzene rings is 3. The van der Waals surface area contributed by atoms with Crippen molar-refractivity contribution in [3.05, 3.63) is 90.3 Å².